The summed E-state index contributed by atoms with van der Waals surface area (Å²) in [5.41, 5.74) is 3.72. The van der Waals surface area contributed by atoms with E-state index in [4.69, 9.17) is 4.74 Å². The van der Waals surface area contributed by atoms with Gasteiger partial charge in [0.25, 0.3) is 11.8 Å². The molecule has 1 aromatic heterocycles. The fourth-order valence-electron chi connectivity index (χ4n) is 4.67. The van der Waals surface area contributed by atoms with E-state index in [9.17, 15) is 9.59 Å². The third-order valence-corrected chi connectivity index (χ3v) is 7.21. The molecule has 4 heterocycles. The molecule has 0 bridgehead atoms. The van der Waals surface area contributed by atoms with E-state index in [0.717, 1.165) is 57.1 Å². The molecule has 0 saturated carbocycles. The molecular weight excluding hydrogens is 410 g/mol. The van der Waals surface area contributed by atoms with Crippen LogP contribution in [0.4, 0.5) is 0 Å². The molecule has 1 saturated heterocycles. The maximum absolute atomic E-state index is 13.5. The van der Waals surface area contributed by atoms with Crippen molar-refractivity contribution in [3.63, 3.8) is 0 Å². The molecule has 31 heavy (non-hydrogen) atoms. The van der Waals surface area contributed by atoms with Crippen molar-refractivity contribution < 1.29 is 14.3 Å². The number of benzene rings is 1. The first-order valence-electron chi connectivity index (χ1n) is 11.0. The summed E-state index contributed by atoms with van der Waals surface area (Å²) in [6.07, 6.45) is 1.67. The van der Waals surface area contributed by atoms with Gasteiger partial charge >= 0.3 is 0 Å². The van der Waals surface area contributed by atoms with Crippen molar-refractivity contribution in [2.75, 3.05) is 45.9 Å². The lowest BCUT2D eigenvalue weighted by molar-refractivity contribution is -0.137. The number of carbonyl (C=O) groups excluding carboxylic acids is 2. The largest absolute Gasteiger partial charge is 0.379 e. The van der Waals surface area contributed by atoms with Crippen molar-refractivity contribution in [3.05, 3.63) is 63.5 Å². The van der Waals surface area contributed by atoms with Crippen LogP contribution in [0.15, 0.2) is 47.5 Å². The van der Waals surface area contributed by atoms with Crippen LogP contribution in [0.1, 0.15) is 22.4 Å². The molecule has 0 unspecified atom stereocenters. The van der Waals surface area contributed by atoms with E-state index in [1.807, 2.05) is 23.6 Å². The Kier molecular flexibility index (Phi) is 5.89. The fourth-order valence-corrected chi connectivity index (χ4v) is 5.43. The summed E-state index contributed by atoms with van der Waals surface area (Å²) in [6, 6.07) is 12.3. The second-order valence-electron chi connectivity index (χ2n) is 8.21. The highest BCUT2D eigenvalue weighted by Gasteiger charge is 2.42. The van der Waals surface area contributed by atoms with Gasteiger partial charge < -0.3 is 9.64 Å². The lowest BCUT2D eigenvalue weighted by Gasteiger charge is -2.31. The maximum atomic E-state index is 13.5. The zero-order chi connectivity index (χ0) is 21.2. The molecule has 3 aliphatic rings. The van der Waals surface area contributed by atoms with E-state index in [0.29, 0.717) is 24.4 Å². The van der Waals surface area contributed by atoms with E-state index in [1.165, 1.54) is 27.4 Å². The minimum Gasteiger partial charge on any atom is -0.379 e. The number of rotatable bonds is 6. The first-order valence-corrected chi connectivity index (χ1v) is 11.9. The number of fused-ring (bicyclic) bond motifs is 1. The first kappa shape index (κ1) is 20.4. The Morgan fingerprint density at radius 2 is 1.71 bits per heavy atom. The topological polar surface area (TPSA) is 53.1 Å². The molecular formula is C24H27N3O3S. The van der Waals surface area contributed by atoms with E-state index in [2.05, 4.69) is 28.0 Å². The summed E-state index contributed by atoms with van der Waals surface area (Å²) < 4.78 is 5.40. The zero-order valence-corrected chi connectivity index (χ0v) is 18.4. The van der Waals surface area contributed by atoms with E-state index in [-0.39, 0.29) is 11.8 Å². The molecule has 0 atom stereocenters. The van der Waals surface area contributed by atoms with Gasteiger partial charge in [-0.05, 0) is 35.4 Å². The number of hydrogen-bond acceptors (Lipinski definition) is 6. The highest BCUT2D eigenvalue weighted by molar-refractivity contribution is 7.11. The van der Waals surface area contributed by atoms with Gasteiger partial charge in [-0.25, -0.2) is 0 Å². The normalized spacial score (nSPS) is 20.0. The summed E-state index contributed by atoms with van der Waals surface area (Å²) in [4.78, 5) is 33.7. The number of hydrogen-bond donors (Lipinski definition) is 0. The second-order valence-corrected chi connectivity index (χ2v) is 9.16. The van der Waals surface area contributed by atoms with E-state index in [1.54, 1.807) is 0 Å². The highest BCUT2D eigenvalue weighted by Crippen LogP contribution is 2.36. The second kappa shape index (κ2) is 8.94. The average molecular weight is 438 g/mol. The van der Waals surface area contributed by atoms with Gasteiger partial charge in [0.05, 0.1) is 18.8 Å². The summed E-state index contributed by atoms with van der Waals surface area (Å²) in [7, 11) is 0. The number of imide groups is 1. The van der Waals surface area contributed by atoms with Crippen LogP contribution in [0.2, 0.25) is 0 Å². The molecule has 0 N–H and O–H groups in total. The molecule has 3 aliphatic heterocycles. The van der Waals surface area contributed by atoms with Gasteiger partial charge in [0, 0.05) is 44.1 Å². The third kappa shape index (κ3) is 4.05. The zero-order valence-electron chi connectivity index (χ0n) is 17.6. The smallest absolute Gasteiger partial charge is 0.277 e. The van der Waals surface area contributed by atoms with Gasteiger partial charge in [0.2, 0.25) is 0 Å². The van der Waals surface area contributed by atoms with Crippen molar-refractivity contribution in [1.29, 1.82) is 0 Å². The van der Waals surface area contributed by atoms with Crippen molar-refractivity contribution in [1.82, 2.24) is 14.7 Å². The molecule has 0 radical (unpaired) electrons. The molecule has 6 nitrogen and oxygen atoms in total. The molecule has 2 aromatic rings. The predicted molar refractivity (Wildman–Crippen MR) is 120 cm³/mol. The minimum atomic E-state index is -0.150. The van der Waals surface area contributed by atoms with Crippen LogP contribution >= 0.6 is 11.3 Å². The average Bonchev–Trinajstić information content (AvgIpc) is 3.41. The molecule has 0 spiro atoms. The van der Waals surface area contributed by atoms with Crippen LogP contribution in [0.25, 0.3) is 5.57 Å². The van der Waals surface area contributed by atoms with Crippen LogP contribution in [0, 0.1) is 0 Å². The Bertz CT molecular complexity index is 995. The van der Waals surface area contributed by atoms with Crippen LogP contribution in [-0.2, 0) is 27.3 Å². The Balaban J connectivity index is 1.37. The van der Waals surface area contributed by atoms with Gasteiger partial charge in [0.15, 0.2) is 0 Å². The monoisotopic (exact) mass is 437 g/mol. The molecule has 1 aromatic carbocycles. The Morgan fingerprint density at radius 3 is 2.48 bits per heavy atom. The maximum Gasteiger partial charge on any atom is 0.277 e. The molecule has 1 fully saturated rings. The standard InChI is InChI=1S/C24H27N3O3S/c28-23-21(20-7-3-16-31-20)22(26-11-8-18-5-1-2-6-19(18)17-26)24(29)27(23)10-4-9-25-12-14-30-15-13-25/h1-3,5-7,16H,4,8-15,17H2. The Morgan fingerprint density at radius 1 is 0.903 bits per heavy atom. The number of amides is 2. The molecule has 2 amide bonds. The lowest BCUT2D eigenvalue weighted by Crippen LogP contribution is -2.40. The summed E-state index contributed by atoms with van der Waals surface area (Å²) in [5, 5.41) is 1.96. The summed E-state index contributed by atoms with van der Waals surface area (Å²) in [6.45, 7) is 6.10. The lowest BCUT2D eigenvalue weighted by atomic mass is 9.99. The summed E-state index contributed by atoms with van der Waals surface area (Å²) >= 11 is 1.52. The Hall–Kier alpha value is -2.48. The third-order valence-electron chi connectivity index (χ3n) is 6.32. The van der Waals surface area contributed by atoms with Crippen molar-refractivity contribution in [2.45, 2.75) is 19.4 Å². The van der Waals surface area contributed by atoms with Crippen molar-refractivity contribution in [2.24, 2.45) is 0 Å². The van der Waals surface area contributed by atoms with Gasteiger partial charge in [0.1, 0.15) is 5.70 Å². The Labute approximate surface area is 186 Å². The first-order chi connectivity index (χ1) is 15.2. The number of ether oxygens (including phenoxy) is 1. The number of nitrogens with zero attached hydrogens (tertiary/aromatic N) is 3. The van der Waals surface area contributed by atoms with Crippen LogP contribution in [0.5, 0.6) is 0 Å². The molecule has 7 heteroatoms. The van der Waals surface area contributed by atoms with E-state index < -0.39 is 0 Å². The number of morpholine rings is 1. The predicted octanol–water partition coefficient (Wildman–Crippen LogP) is 2.61. The van der Waals surface area contributed by atoms with E-state index >= 15 is 0 Å². The number of carbonyl (C=O) groups is 2. The van der Waals surface area contributed by atoms with Gasteiger partial charge in [-0.1, -0.05) is 30.3 Å². The summed E-state index contributed by atoms with van der Waals surface area (Å²) in [5.74, 6) is -0.293. The van der Waals surface area contributed by atoms with Gasteiger partial charge in [-0.15, -0.1) is 11.3 Å². The minimum absolute atomic E-state index is 0.144. The van der Waals surface area contributed by atoms with Crippen LogP contribution in [-0.4, -0.2) is 72.5 Å². The molecule has 5 rings (SSSR count). The fraction of sp³-hybridized carbons (Fsp3) is 0.417. The van der Waals surface area contributed by atoms with Crippen molar-refractivity contribution in [3.8, 4) is 0 Å². The van der Waals surface area contributed by atoms with Crippen LogP contribution < -0.4 is 0 Å². The van der Waals surface area contributed by atoms with Crippen molar-refractivity contribution >= 4 is 28.7 Å². The highest BCUT2D eigenvalue weighted by atomic mass is 32.1. The quantitative estimate of drug-likeness (QED) is 0.651. The SMILES string of the molecule is O=C1C(c2cccs2)=C(N2CCc3ccccc3C2)C(=O)N1CCCN1CCOCC1. The molecule has 162 valence electrons. The van der Waals surface area contributed by atoms with Crippen LogP contribution in [0.3, 0.4) is 0 Å². The van der Waals surface area contributed by atoms with Gasteiger partial charge in [-0.2, -0.15) is 0 Å². The van der Waals surface area contributed by atoms with Gasteiger partial charge in [-0.3, -0.25) is 19.4 Å². The number of thiophene rings is 1. The molecule has 0 aliphatic carbocycles.